The first-order valence-corrected chi connectivity index (χ1v) is 6.33. The Bertz CT molecular complexity index is 290. The van der Waals surface area contributed by atoms with Gasteiger partial charge in [0.25, 0.3) is 0 Å². The van der Waals surface area contributed by atoms with Gasteiger partial charge in [0.2, 0.25) is 5.91 Å². The second kappa shape index (κ2) is 5.52. The average molecular weight is 241 g/mol. The summed E-state index contributed by atoms with van der Waals surface area (Å²) >= 11 is 0. The topological polar surface area (TPSA) is 46.6 Å². The summed E-state index contributed by atoms with van der Waals surface area (Å²) < 4.78 is 4.88. The Hall–Kier alpha value is -1.06. The molecule has 0 aliphatic heterocycles. The minimum atomic E-state index is -0.378. The predicted octanol–water partition coefficient (Wildman–Crippen LogP) is 1.98. The highest BCUT2D eigenvalue weighted by Crippen LogP contribution is 2.31. The van der Waals surface area contributed by atoms with Crippen molar-refractivity contribution in [3.8, 4) is 0 Å². The van der Waals surface area contributed by atoms with E-state index in [2.05, 4.69) is 0 Å². The zero-order valence-corrected chi connectivity index (χ0v) is 11.3. The van der Waals surface area contributed by atoms with Crippen LogP contribution < -0.4 is 0 Å². The van der Waals surface area contributed by atoms with Crippen LogP contribution in [0.4, 0.5) is 0 Å². The van der Waals surface area contributed by atoms with Crippen molar-refractivity contribution in [1.29, 1.82) is 0 Å². The largest absolute Gasteiger partial charge is 0.466 e. The molecule has 0 saturated heterocycles. The summed E-state index contributed by atoms with van der Waals surface area (Å²) in [5, 5.41) is 0. The van der Waals surface area contributed by atoms with E-state index in [0.29, 0.717) is 25.6 Å². The van der Waals surface area contributed by atoms with Crippen molar-refractivity contribution in [3.63, 3.8) is 0 Å². The maximum absolute atomic E-state index is 12.2. The van der Waals surface area contributed by atoms with Gasteiger partial charge in [0.15, 0.2) is 0 Å². The van der Waals surface area contributed by atoms with Crippen LogP contribution in [0.5, 0.6) is 0 Å². The smallest absolute Gasteiger partial charge is 0.307 e. The molecule has 1 aliphatic rings. The Morgan fingerprint density at radius 2 is 1.88 bits per heavy atom. The first-order chi connectivity index (χ1) is 7.86. The van der Waals surface area contributed by atoms with Crippen LogP contribution in [0, 0.1) is 5.41 Å². The molecule has 0 bridgehead atoms. The molecule has 17 heavy (non-hydrogen) atoms. The fraction of sp³-hybridized carbons (Fsp3) is 0.846. The van der Waals surface area contributed by atoms with E-state index >= 15 is 0 Å². The summed E-state index contributed by atoms with van der Waals surface area (Å²) in [6.45, 7) is 8.41. The van der Waals surface area contributed by atoms with Crippen molar-refractivity contribution in [3.05, 3.63) is 0 Å². The number of carbonyl (C=O) groups is 2. The lowest BCUT2D eigenvalue weighted by Crippen LogP contribution is -2.42. The van der Waals surface area contributed by atoms with Crippen molar-refractivity contribution in [2.75, 3.05) is 13.2 Å². The van der Waals surface area contributed by atoms with Gasteiger partial charge in [0.05, 0.1) is 13.0 Å². The number of ether oxygens (including phenoxy) is 1. The van der Waals surface area contributed by atoms with Crippen LogP contribution in [-0.2, 0) is 14.3 Å². The second-order valence-electron chi connectivity index (χ2n) is 5.53. The predicted molar refractivity (Wildman–Crippen MR) is 65.4 cm³/mol. The standard InChI is InChI=1S/C13H23NO3/c1-5-17-11(15)8-9-14(10-6-7-10)12(16)13(2,3)4/h10H,5-9H2,1-4H3. The monoisotopic (exact) mass is 241 g/mol. The van der Waals surface area contributed by atoms with Crippen LogP contribution in [0.2, 0.25) is 0 Å². The first-order valence-electron chi connectivity index (χ1n) is 6.33. The molecule has 0 unspecified atom stereocenters. The molecule has 4 nitrogen and oxygen atoms in total. The van der Waals surface area contributed by atoms with Crippen molar-refractivity contribution in [2.45, 2.75) is 53.0 Å². The summed E-state index contributed by atoms with van der Waals surface area (Å²) in [7, 11) is 0. The average Bonchev–Trinajstić information content (AvgIpc) is 3.01. The molecule has 0 atom stereocenters. The normalized spacial score (nSPS) is 15.5. The van der Waals surface area contributed by atoms with Crippen molar-refractivity contribution < 1.29 is 14.3 Å². The molecule has 0 spiro atoms. The third-order valence-electron chi connectivity index (χ3n) is 2.75. The van der Waals surface area contributed by atoms with E-state index in [0.717, 1.165) is 12.8 Å². The van der Waals surface area contributed by atoms with Gasteiger partial charge >= 0.3 is 5.97 Å². The van der Waals surface area contributed by atoms with Gasteiger partial charge in [0, 0.05) is 18.0 Å². The van der Waals surface area contributed by atoms with E-state index in [9.17, 15) is 9.59 Å². The molecule has 1 saturated carbocycles. The van der Waals surface area contributed by atoms with E-state index in [1.54, 1.807) is 6.92 Å². The van der Waals surface area contributed by atoms with Crippen molar-refractivity contribution in [1.82, 2.24) is 4.90 Å². The van der Waals surface area contributed by atoms with E-state index in [-0.39, 0.29) is 17.3 Å². The molecule has 98 valence electrons. The van der Waals surface area contributed by atoms with Crippen LogP contribution in [0.25, 0.3) is 0 Å². The minimum Gasteiger partial charge on any atom is -0.466 e. The molecular weight excluding hydrogens is 218 g/mol. The zero-order chi connectivity index (χ0) is 13.1. The molecule has 0 aromatic carbocycles. The number of carbonyl (C=O) groups excluding carboxylic acids is 2. The van der Waals surface area contributed by atoms with E-state index in [1.807, 2.05) is 25.7 Å². The van der Waals surface area contributed by atoms with Gasteiger partial charge in [-0.15, -0.1) is 0 Å². The molecule has 1 fully saturated rings. The first kappa shape index (κ1) is 14.0. The molecule has 0 radical (unpaired) electrons. The molecular formula is C13H23NO3. The Morgan fingerprint density at radius 1 is 1.29 bits per heavy atom. The molecule has 4 heteroatoms. The second-order valence-corrected chi connectivity index (χ2v) is 5.53. The molecule has 1 aliphatic carbocycles. The van der Waals surface area contributed by atoms with Gasteiger partial charge in [-0.3, -0.25) is 9.59 Å². The lowest BCUT2D eigenvalue weighted by molar-refractivity contribution is -0.145. The highest BCUT2D eigenvalue weighted by molar-refractivity contribution is 5.82. The summed E-state index contributed by atoms with van der Waals surface area (Å²) in [4.78, 5) is 25.3. The Balaban J connectivity index is 2.50. The van der Waals surface area contributed by atoms with Crippen LogP contribution >= 0.6 is 0 Å². The summed E-state index contributed by atoms with van der Waals surface area (Å²) in [6, 6.07) is 0.344. The fourth-order valence-corrected chi connectivity index (χ4v) is 1.71. The molecule has 0 N–H and O–H groups in total. The van der Waals surface area contributed by atoms with Gasteiger partial charge in [-0.05, 0) is 19.8 Å². The van der Waals surface area contributed by atoms with E-state index in [1.165, 1.54) is 0 Å². The van der Waals surface area contributed by atoms with Gasteiger partial charge in [-0.25, -0.2) is 0 Å². The maximum Gasteiger partial charge on any atom is 0.307 e. The quantitative estimate of drug-likeness (QED) is 0.691. The van der Waals surface area contributed by atoms with Gasteiger partial charge in [-0.1, -0.05) is 20.8 Å². The Morgan fingerprint density at radius 3 is 2.29 bits per heavy atom. The lowest BCUT2D eigenvalue weighted by atomic mass is 9.94. The van der Waals surface area contributed by atoms with Gasteiger partial charge < -0.3 is 9.64 Å². The summed E-state index contributed by atoms with van der Waals surface area (Å²) in [5.74, 6) is -0.0934. The number of hydrogen-bond donors (Lipinski definition) is 0. The van der Waals surface area contributed by atoms with Crippen LogP contribution in [0.15, 0.2) is 0 Å². The molecule has 0 aromatic rings. The lowest BCUT2D eigenvalue weighted by Gasteiger charge is -2.29. The highest BCUT2D eigenvalue weighted by atomic mass is 16.5. The van der Waals surface area contributed by atoms with Crippen LogP contribution in [-0.4, -0.2) is 36.0 Å². The number of amides is 1. The highest BCUT2D eigenvalue weighted by Gasteiger charge is 2.37. The number of rotatable bonds is 5. The van der Waals surface area contributed by atoms with Gasteiger partial charge in [-0.2, -0.15) is 0 Å². The Labute approximate surface area is 103 Å². The van der Waals surface area contributed by atoms with E-state index in [4.69, 9.17) is 4.74 Å². The molecule has 0 aromatic heterocycles. The number of hydrogen-bond acceptors (Lipinski definition) is 3. The molecule has 1 rings (SSSR count). The molecule has 1 amide bonds. The van der Waals surface area contributed by atoms with E-state index < -0.39 is 0 Å². The number of nitrogens with zero attached hydrogens (tertiary/aromatic N) is 1. The Kier molecular flexibility index (Phi) is 4.54. The molecule has 0 heterocycles. The third-order valence-corrected chi connectivity index (χ3v) is 2.75. The van der Waals surface area contributed by atoms with Gasteiger partial charge in [0.1, 0.15) is 0 Å². The van der Waals surface area contributed by atoms with Crippen molar-refractivity contribution in [2.24, 2.45) is 5.41 Å². The summed E-state index contributed by atoms with van der Waals surface area (Å²) in [6.07, 6.45) is 2.42. The summed E-state index contributed by atoms with van der Waals surface area (Å²) in [5.41, 5.74) is -0.378. The zero-order valence-electron chi connectivity index (χ0n) is 11.3. The number of esters is 1. The van der Waals surface area contributed by atoms with Crippen LogP contribution in [0.1, 0.15) is 47.0 Å². The third kappa shape index (κ3) is 4.36. The maximum atomic E-state index is 12.2. The van der Waals surface area contributed by atoms with Crippen LogP contribution in [0.3, 0.4) is 0 Å². The SMILES string of the molecule is CCOC(=O)CCN(C(=O)C(C)(C)C)C1CC1. The van der Waals surface area contributed by atoms with Crippen molar-refractivity contribution >= 4 is 11.9 Å². The fourth-order valence-electron chi connectivity index (χ4n) is 1.71. The minimum absolute atomic E-state index is 0.129.